The Kier molecular flexibility index (Phi) is 5.34. The predicted octanol–water partition coefficient (Wildman–Crippen LogP) is 1.90. The van der Waals surface area contributed by atoms with Crippen LogP contribution in [0.5, 0.6) is 0 Å². The Bertz CT molecular complexity index is 398. The Morgan fingerprint density at radius 3 is 2.76 bits per heavy atom. The molecule has 0 aliphatic heterocycles. The molecule has 1 aromatic rings. The minimum absolute atomic E-state index is 0.0479. The van der Waals surface area contributed by atoms with Gasteiger partial charge in [0.1, 0.15) is 5.02 Å². The zero-order valence-corrected chi connectivity index (χ0v) is 10.7. The molecule has 0 bridgehead atoms. The topological polar surface area (TPSA) is 58.4 Å². The van der Waals surface area contributed by atoms with Gasteiger partial charge in [-0.15, -0.1) is 0 Å². The van der Waals surface area contributed by atoms with Gasteiger partial charge >= 0.3 is 0 Å². The molecule has 0 radical (unpaired) electrons. The molecule has 0 heterocycles. The van der Waals surface area contributed by atoms with Gasteiger partial charge in [0, 0.05) is 25.7 Å². The largest absolute Gasteiger partial charge is 0.318 e. The molecule has 1 rings (SSSR count). The third-order valence-electron chi connectivity index (χ3n) is 2.40. The standard InChI is InChI=1S/C11H16ClN3O2/c1-13-5-6-14(2)8-9-3-4-11(15(16)17)10(12)7-9/h3-4,7,13H,5-6,8H2,1-2H3. The number of nitro groups is 1. The van der Waals surface area contributed by atoms with Crippen LogP contribution in [0.15, 0.2) is 18.2 Å². The molecule has 5 nitrogen and oxygen atoms in total. The molecular formula is C11H16ClN3O2. The molecule has 1 N–H and O–H groups in total. The molecule has 0 aliphatic carbocycles. The van der Waals surface area contributed by atoms with E-state index in [0.29, 0.717) is 0 Å². The zero-order chi connectivity index (χ0) is 12.8. The van der Waals surface area contributed by atoms with Crippen LogP contribution < -0.4 is 5.32 Å². The van der Waals surface area contributed by atoms with E-state index in [1.807, 2.05) is 14.1 Å². The van der Waals surface area contributed by atoms with Crippen LogP contribution in [0.25, 0.3) is 0 Å². The highest BCUT2D eigenvalue weighted by Gasteiger charge is 2.12. The fourth-order valence-electron chi connectivity index (χ4n) is 1.49. The first-order chi connectivity index (χ1) is 8.04. The third kappa shape index (κ3) is 4.30. The van der Waals surface area contributed by atoms with Crippen molar-refractivity contribution in [2.75, 3.05) is 27.2 Å². The molecule has 0 saturated carbocycles. The quantitative estimate of drug-likeness (QED) is 0.625. The molecule has 17 heavy (non-hydrogen) atoms. The maximum atomic E-state index is 10.6. The summed E-state index contributed by atoms with van der Waals surface area (Å²) in [6.07, 6.45) is 0. The van der Waals surface area contributed by atoms with E-state index in [0.717, 1.165) is 25.2 Å². The van der Waals surface area contributed by atoms with Crippen LogP contribution in [0.1, 0.15) is 5.56 Å². The normalized spacial score (nSPS) is 10.8. The first kappa shape index (κ1) is 13.9. The lowest BCUT2D eigenvalue weighted by Gasteiger charge is -2.16. The van der Waals surface area contributed by atoms with Gasteiger partial charge < -0.3 is 10.2 Å². The molecule has 0 atom stereocenters. The van der Waals surface area contributed by atoms with Crippen molar-refractivity contribution in [2.45, 2.75) is 6.54 Å². The highest BCUT2D eigenvalue weighted by Crippen LogP contribution is 2.25. The van der Waals surface area contributed by atoms with Gasteiger partial charge in [0.05, 0.1) is 4.92 Å². The predicted molar refractivity (Wildman–Crippen MR) is 68.4 cm³/mol. The number of nitrogens with zero attached hydrogens (tertiary/aromatic N) is 2. The summed E-state index contributed by atoms with van der Waals surface area (Å²) in [5, 5.41) is 13.9. The highest BCUT2D eigenvalue weighted by molar-refractivity contribution is 6.32. The second-order valence-electron chi connectivity index (χ2n) is 3.88. The van der Waals surface area contributed by atoms with Gasteiger partial charge in [0.15, 0.2) is 0 Å². The molecule has 0 amide bonds. The van der Waals surface area contributed by atoms with Crippen LogP contribution in [-0.2, 0) is 6.54 Å². The van der Waals surface area contributed by atoms with E-state index >= 15 is 0 Å². The lowest BCUT2D eigenvalue weighted by molar-refractivity contribution is -0.384. The van der Waals surface area contributed by atoms with Crippen LogP contribution >= 0.6 is 11.6 Å². The first-order valence-electron chi connectivity index (χ1n) is 5.30. The van der Waals surface area contributed by atoms with Gasteiger partial charge in [-0.2, -0.15) is 0 Å². The summed E-state index contributed by atoms with van der Waals surface area (Å²) < 4.78 is 0. The Morgan fingerprint density at radius 2 is 2.24 bits per heavy atom. The van der Waals surface area contributed by atoms with Crippen molar-refractivity contribution in [3.8, 4) is 0 Å². The smallest absolute Gasteiger partial charge is 0.287 e. The van der Waals surface area contributed by atoms with Crippen LogP contribution in [0.3, 0.4) is 0 Å². The molecule has 0 saturated heterocycles. The summed E-state index contributed by atoms with van der Waals surface area (Å²) in [7, 11) is 3.89. The SMILES string of the molecule is CNCCN(C)Cc1ccc([N+](=O)[O-])c(Cl)c1. The molecule has 0 unspecified atom stereocenters. The lowest BCUT2D eigenvalue weighted by atomic mass is 10.2. The number of rotatable bonds is 6. The molecular weight excluding hydrogens is 242 g/mol. The van der Waals surface area contributed by atoms with Crippen molar-refractivity contribution < 1.29 is 4.92 Å². The van der Waals surface area contributed by atoms with Gasteiger partial charge in [-0.05, 0) is 25.7 Å². The van der Waals surface area contributed by atoms with Crippen molar-refractivity contribution in [3.63, 3.8) is 0 Å². The Morgan fingerprint density at radius 1 is 1.53 bits per heavy atom. The molecule has 0 aliphatic rings. The minimum Gasteiger partial charge on any atom is -0.318 e. The Hall–Kier alpha value is -1.17. The number of benzene rings is 1. The Labute approximate surface area is 106 Å². The van der Waals surface area contributed by atoms with Crippen LogP contribution in [0.4, 0.5) is 5.69 Å². The maximum Gasteiger partial charge on any atom is 0.287 e. The fraction of sp³-hybridized carbons (Fsp3) is 0.455. The molecule has 94 valence electrons. The third-order valence-corrected chi connectivity index (χ3v) is 2.71. The average molecular weight is 258 g/mol. The minimum atomic E-state index is -0.475. The Balaban J connectivity index is 2.67. The summed E-state index contributed by atoms with van der Waals surface area (Å²) >= 11 is 5.84. The van der Waals surface area contributed by atoms with E-state index in [2.05, 4.69) is 10.2 Å². The van der Waals surface area contributed by atoms with Gasteiger partial charge in [-0.3, -0.25) is 10.1 Å². The highest BCUT2D eigenvalue weighted by atomic mass is 35.5. The second-order valence-corrected chi connectivity index (χ2v) is 4.29. The van der Waals surface area contributed by atoms with Crippen molar-refractivity contribution >= 4 is 17.3 Å². The number of hydrogen-bond donors (Lipinski definition) is 1. The number of hydrogen-bond acceptors (Lipinski definition) is 4. The fourth-order valence-corrected chi connectivity index (χ4v) is 1.76. The summed E-state index contributed by atoms with van der Waals surface area (Å²) in [6, 6.07) is 4.83. The van der Waals surface area contributed by atoms with Crippen molar-refractivity contribution in [2.24, 2.45) is 0 Å². The van der Waals surface area contributed by atoms with Gasteiger partial charge in [-0.1, -0.05) is 17.7 Å². The van der Waals surface area contributed by atoms with Crippen molar-refractivity contribution in [1.29, 1.82) is 0 Å². The number of likely N-dealkylation sites (N-methyl/N-ethyl adjacent to an activating group) is 2. The number of halogens is 1. The number of nitro benzene ring substituents is 1. The summed E-state index contributed by atoms with van der Waals surface area (Å²) in [5.41, 5.74) is 0.924. The van der Waals surface area contributed by atoms with Crippen molar-refractivity contribution in [1.82, 2.24) is 10.2 Å². The molecule has 1 aromatic carbocycles. The molecule has 0 aromatic heterocycles. The monoisotopic (exact) mass is 257 g/mol. The number of nitrogens with one attached hydrogen (secondary N) is 1. The molecule has 6 heteroatoms. The maximum absolute atomic E-state index is 10.6. The van der Waals surface area contributed by atoms with Crippen molar-refractivity contribution in [3.05, 3.63) is 38.9 Å². The molecule has 0 spiro atoms. The van der Waals surface area contributed by atoms with E-state index in [1.54, 1.807) is 12.1 Å². The van der Waals surface area contributed by atoms with Gasteiger partial charge in [0.25, 0.3) is 5.69 Å². The van der Waals surface area contributed by atoms with E-state index in [4.69, 9.17) is 11.6 Å². The van der Waals surface area contributed by atoms with Crippen LogP contribution in [0.2, 0.25) is 5.02 Å². The van der Waals surface area contributed by atoms with E-state index in [9.17, 15) is 10.1 Å². The van der Waals surface area contributed by atoms with Gasteiger partial charge in [0.2, 0.25) is 0 Å². The van der Waals surface area contributed by atoms with Crippen LogP contribution in [-0.4, -0.2) is 37.0 Å². The summed E-state index contributed by atoms with van der Waals surface area (Å²) in [4.78, 5) is 12.2. The molecule has 0 fully saturated rings. The van der Waals surface area contributed by atoms with E-state index in [-0.39, 0.29) is 10.7 Å². The summed E-state index contributed by atoms with van der Waals surface area (Å²) in [5.74, 6) is 0. The average Bonchev–Trinajstić information content (AvgIpc) is 2.26. The lowest BCUT2D eigenvalue weighted by Crippen LogP contribution is -2.26. The second kappa shape index (κ2) is 6.54. The van der Waals surface area contributed by atoms with Crippen LogP contribution in [0, 0.1) is 10.1 Å². The van der Waals surface area contributed by atoms with E-state index in [1.165, 1.54) is 6.07 Å². The van der Waals surface area contributed by atoms with Gasteiger partial charge in [-0.25, -0.2) is 0 Å². The summed E-state index contributed by atoms with van der Waals surface area (Å²) in [6.45, 7) is 2.53. The van der Waals surface area contributed by atoms with E-state index < -0.39 is 4.92 Å². The zero-order valence-electron chi connectivity index (χ0n) is 9.94. The first-order valence-corrected chi connectivity index (χ1v) is 5.68.